The average Bonchev–Trinajstić information content (AvgIpc) is 2.70. The molecule has 122 valence electrons. The van der Waals surface area contributed by atoms with E-state index in [4.69, 9.17) is 12.8 Å². The van der Waals surface area contributed by atoms with E-state index in [1.54, 1.807) is 26.0 Å². The van der Waals surface area contributed by atoms with Crippen molar-refractivity contribution in [2.45, 2.75) is 13.8 Å². The number of hydrogen-bond donors (Lipinski definition) is 0. The first kappa shape index (κ1) is 20.9. The Kier molecular flexibility index (Phi) is 9.80. The second-order valence-electron chi connectivity index (χ2n) is 4.49. The number of rotatable bonds is 0. The van der Waals surface area contributed by atoms with Gasteiger partial charge in [-0.2, -0.15) is 0 Å². The fourth-order valence-electron chi connectivity index (χ4n) is 1.70. The largest absolute Gasteiger partial charge is 0.106 e. The third-order valence-corrected chi connectivity index (χ3v) is 2.70. The molecule has 0 heterocycles. The average molecular weight is 346 g/mol. The lowest BCUT2D eigenvalue weighted by atomic mass is 9.98. The molecule has 0 heteroatoms. The summed E-state index contributed by atoms with van der Waals surface area (Å²) in [4.78, 5) is 0. The summed E-state index contributed by atoms with van der Waals surface area (Å²) >= 11 is 0. The Labute approximate surface area is 167 Å². The second kappa shape index (κ2) is 13.1. The fourth-order valence-corrected chi connectivity index (χ4v) is 1.70. The van der Waals surface area contributed by atoms with Crippen LogP contribution in [0.2, 0.25) is 0 Å². The zero-order valence-electron chi connectivity index (χ0n) is 15.3. The predicted octanol–water partition coefficient (Wildman–Crippen LogP) is 2.41. The minimum Gasteiger partial charge on any atom is -0.106 e. The molecule has 0 aliphatic carbocycles. The van der Waals surface area contributed by atoms with Crippen molar-refractivity contribution in [1.29, 1.82) is 0 Å². The van der Waals surface area contributed by atoms with Crippen LogP contribution in [0.1, 0.15) is 36.1 Å². The summed E-state index contributed by atoms with van der Waals surface area (Å²) in [6.45, 7) is 3.41. The molecule has 1 aromatic carbocycles. The standard InChI is InChI=1S/C28H10/c1-5-9-13-15-18-22-28-26(20-12-8-4)23-25(19-16-11-7-3)24-27(28)21-17-14-10-6-2/h2,4,23-24H,1,3H3. The minimum atomic E-state index is 0.573. The molecule has 0 saturated heterocycles. The summed E-state index contributed by atoms with van der Waals surface area (Å²) in [6, 6.07) is 3.55. The van der Waals surface area contributed by atoms with Gasteiger partial charge in [-0.15, -0.1) is 12.8 Å². The van der Waals surface area contributed by atoms with Gasteiger partial charge in [0.05, 0.1) is 5.56 Å². The Bertz CT molecular complexity index is 1370. The van der Waals surface area contributed by atoms with Crippen molar-refractivity contribution in [3.8, 4) is 119 Å². The van der Waals surface area contributed by atoms with Crippen molar-refractivity contribution >= 4 is 0 Å². The molecule has 0 aliphatic heterocycles. The molecule has 0 aliphatic rings. The molecule has 0 spiro atoms. The molecule has 1 rings (SSSR count). The van der Waals surface area contributed by atoms with Gasteiger partial charge in [-0.05, 0) is 97.0 Å². The van der Waals surface area contributed by atoms with Gasteiger partial charge in [0.2, 0.25) is 0 Å². The third kappa shape index (κ3) is 7.59. The van der Waals surface area contributed by atoms with E-state index in [1.165, 1.54) is 0 Å². The van der Waals surface area contributed by atoms with Crippen LogP contribution in [0.3, 0.4) is 0 Å². The molecule has 0 amide bonds. The fraction of sp³-hybridized carbons (Fsp3) is 0.0714. The lowest BCUT2D eigenvalue weighted by Crippen LogP contribution is -1.93. The van der Waals surface area contributed by atoms with Crippen molar-refractivity contribution in [3.05, 3.63) is 34.4 Å². The van der Waals surface area contributed by atoms with Crippen molar-refractivity contribution in [3.63, 3.8) is 0 Å². The van der Waals surface area contributed by atoms with Gasteiger partial charge in [0, 0.05) is 16.7 Å². The molecule has 0 nitrogen and oxygen atoms in total. The molecule has 0 N–H and O–H groups in total. The molecule has 1 aromatic rings. The van der Waals surface area contributed by atoms with E-state index in [0.717, 1.165) is 0 Å². The first-order valence-corrected chi connectivity index (χ1v) is 7.73. The van der Waals surface area contributed by atoms with Crippen LogP contribution in [0.15, 0.2) is 12.1 Å². The number of hydrogen-bond acceptors (Lipinski definition) is 0. The molecular weight excluding hydrogens is 336 g/mol. The molecule has 0 unspecified atom stereocenters. The smallest absolute Gasteiger partial charge is 0.0570 e. The number of terminal acetylenes is 2. The normalized spacial score (nSPS) is 6.00. The van der Waals surface area contributed by atoms with Crippen LogP contribution in [0.5, 0.6) is 0 Å². The highest BCUT2D eigenvalue weighted by Crippen LogP contribution is 2.16. The van der Waals surface area contributed by atoms with Gasteiger partial charge in [0.15, 0.2) is 0 Å². The minimum absolute atomic E-state index is 0.573. The van der Waals surface area contributed by atoms with Crippen LogP contribution in [0.25, 0.3) is 0 Å². The molecule has 0 radical (unpaired) electrons. The summed E-state index contributed by atoms with van der Waals surface area (Å²) in [5.41, 5.74) is 2.41. The third-order valence-electron chi connectivity index (χ3n) is 2.70. The maximum Gasteiger partial charge on any atom is 0.0570 e. The van der Waals surface area contributed by atoms with Gasteiger partial charge in [0.1, 0.15) is 0 Å². The molecule has 0 saturated carbocycles. The van der Waals surface area contributed by atoms with Crippen molar-refractivity contribution < 1.29 is 0 Å². The lowest BCUT2D eigenvalue weighted by molar-refractivity contribution is 1.51. The Hall–Kier alpha value is -5.18. The topological polar surface area (TPSA) is 0 Å². The van der Waals surface area contributed by atoms with Crippen LogP contribution < -0.4 is 0 Å². The Morgan fingerprint density at radius 3 is 1.68 bits per heavy atom. The maximum absolute atomic E-state index is 5.26. The van der Waals surface area contributed by atoms with Crippen LogP contribution in [-0.2, 0) is 0 Å². The Balaban J connectivity index is 3.76. The van der Waals surface area contributed by atoms with Crippen molar-refractivity contribution in [2.24, 2.45) is 0 Å². The quantitative estimate of drug-likeness (QED) is 0.633. The van der Waals surface area contributed by atoms with Crippen molar-refractivity contribution in [2.75, 3.05) is 0 Å². The van der Waals surface area contributed by atoms with E-state index in [9.17, 15) is 0 Å². The lowest BCUT2D eigenvalue weighted by Gasteiger charge is -2.02. The molecule has 0 bridgehead atoms. The molecule has 28 heavy (non-hydrogen) atoms. The monoisotopic (exact) mass is 346 g/mol. The molecule has 0 fully saturated rings. The Morgan fingerprint density at radius 1 is 0.536 bits per heavy atom. The highest BCUT2D eigenvalue weighted by Gasteiger charge is 2.06. The highest BCUT2D eigenvalue weighted by atomic mass is 14.1. The summed E-state index contributed by atoms with van der Waals surface area (Å²) in [5.74, 6) is 47.9. The maximum atomic E-state index is 5.26. The first-order chi connectivity index (χ1) is 13.8. The first-order valence-electron chi connectivity index (χ1n) is 7.73. The zero-order valence-corrected chi connectivity index (χ0v) is 15.3. The Morgan fingerprint density at radius 2 is 1.04 bits per heavy atom. The van der Waals surface area contributed by atoms with Gasteiger partial charge in [-0.25, -0.2) is 0 Å². The van der Waals surface area contributed by atoms with E-state index in [-0.39, 0.29) is 0 Å². The summed E-state index contributed by atoms with van der Waals surface area (Å²) in [7, 11) is 0. The van der Waals surface area contributed by atoms with Crippen LogP contribution in [0, 0.1) is 119 Å². The van der Waals surface area contributed by atoms with Crippen molar-refractivity contribution in [1.82, 2.24) is 0 Å². The van der Waals surface area contributed by atoms with Gasteiger partial charge in [-0.1, -0.05) is 35.5 Å². The van der Waals surface area contributed by atoms with Gasteiger partial charge in [0.25, 0.3) is 0 Å². The van der Waals surface area contributed by atoms with Crippen LogP contribution in [0.4, 0.5) is 0 Å². The van der Waals surface area contributed by atoms with E-state index >= 15 is 0 Å². The predicted molar refractivity (Wildman–Crippen MR) is 114 cm³/mol. The van der Waals surface area contributed by atoms with Gasteiger partial charge >= 0.3 is 0 Å². The summed E-state index contributed by atoms with van der Waals surface area (Å²) < 4.78 is 0. The molecular formula is C28H10. The van der Waals surface area contributed by atoms with E-state index in [0.29, 0.717) is 22.3 Å². The molecule has 0 atom stereocenters. The summed E-state index contributed by atoms with van der Waals surface area (Å²) in [6.07, 6.45) is 10.4. The van der Waals surface area contributed by atoms with Crippen LogP contribution in [-0.4, -0.2) is 0 Å². The van der Waals surface area contributed by atoms with E-state index in [2.05, 4.69) is 107 Å². The SMILES string of the molecule is C#CC#CC#Cc1cc(C#CC#CC)cc(C#CC#C)c1C#CC#CC#CC. The van der Waals surface area contributed by atoms with Gasteiger partial charge in [-0.3, -0.25) is 0 Å². The second-order valence-corrected chi connectivity index (χ2v) is 4.49. The zero-order chi connectivity index (χ0) is 20.5. The van der Waals surface area contributed by atoms with E-state index < -0.39 is 0 Å². The number of benzene rings is 1. The van der Waals surface area contributed by atoms with Crippen LogP contribution >= 0.6 is 0 Å². The summed E-state index contributed by atoms with van der Waals surface area (Å²) in [5, 5.41) is 0. The highest BCUT2D eigenvalue weighted by molar-refractivity contribution is 5.65. The van der Waals surface area contributed by atoms with E-state index in [1.807, 2.05) is 0 Å². The molecule has 0 aromatic heterocycles. The van der Waals surface area contributed by atoms with Gasteiger partial charge < -0.3 is 0 Å².